The molecule has 0 amide bonds. The number of aromatic amines is 1. The van der Waals surface area contributed by atoms with Gasteiger partial charge in [-0.05, 0) is 25.0 Å². The lowest BCUT2D eigenvalue weighted by atomic mass is 10.1. The zero-order valence-corrected chi connectivity index (χ0v) is 12.4. The van der Waals surface area contributed by atoms with E-state index in [0.29, 0.717) is 10.8 Å². The van der Waals surface area contributed by atoms with Crippen molar-refractivity contribution in [3.05, 3.63) is 46.9 Å². The van der Waals surface area contributed by atoms with Gasteiger partial charge in [-0.3, -0.25) is 0 Å². The van der Waals surface area contributed by atoms with Crippen LogP contribution in [0.25, 0.3) is 10.9 Å². The summed E-state index contributed by atoms with van der Waals surface area (Å²) in [6.45, 7) is 2.81. The molecule has 0 aliphatic rings. The molecule has 0 saturated carbocycles. The number of nitrogens with two attached hydrogens (primary N) is 1. The normalized spacial score (nSPS) is 11.0. The van der Waals surface area contributed by atoms with E-state index < -0.39 is 0 Å². The Morgan fingerprint density at radius 3 is 2.95 bits per heavy atom. The van der Waals surface area contributed by atoms with E-state index in [9.17, 15) is 0 Å². The molecule has 0 bridgehead atoms. The van der Waals surface area contributed by atoms with E-state index in [1.54, 1.807) is 0 Å². The monoisotopic (exact) mass is 301 g/mol. The number of nitrogen functional groups attached to an aromatic ring is 1. The maximum Gasteiger partial charge on any atom is 0.150 e. The minimum absolute atomic E-state index is 0.289. The maximum atomic E-state index is 6.06. The summed E-state index contributed by atoms with van der Waals surface area (Å²) in [7, 11) is 0. The van der Waals surface area contributed by atoms with Crippen LogP contribution in [0.2, 0.25) is 5.02 Å². The van der Waals surface area contributed by atoms with Crippen LogP contribution in [0.15, 0.2) is 30.6 Å². The molecular weight excluding hydrogens is 286 g/mol. The first-order valence-corrected chi connectivity index (χ1v) is 7.10. The van der Waals surface area contributed by atoms with Crippen LogP contribution in [-0.4, -0.2) is 21.5 Å². The number of benzene rings is 1. The Labute approximate surface area is 127 Å². The average molecular weight is 302 g/mol. The Morgan fingerprint density at radius 1 is 1.29 bits per heavy atom. The molecule has 0 spiro atoms. The highest BCUT2D eigenvalue weighted by Gasteiger charge is 2.09. The van der Waals surface area contributed by atoms with Gasteiger partial charge in [-0.15, -0.1) is 0 Å². The van der Waals surface area contributed by atoms with E-state index >= 15 is 0 Å². The molecule has 0 fully saturated rings. The minimum atomic E-state index is 0.289. The van der Waals surface area contributed by atoms with Gasteiger partial charge in [-0.1, -0.05) is 29.8 Å². The number of nitrogens with one attached hydrogen (secondary N) is 2. The lowest BCUT2D eigenvalue weighted by Crippen LogP contribution is -2.08. The van der Waals surface area contributed by atoms with Crippen LogP contribution < -0.4 is 11.1 Å². The molecule has 6 heteroatoms. The molecule has 4 N–H and O–H groups in total. The molecule has 0 atom stereocenters. The van der Waals surface area contributed by atoms with Gasteiger partial charge in [0.2, 0.25) is 0 Å². The van der Waals surface area contributed by atoms with Crippen LogP contribution in [0.1, 0.15) is 11.3 Å². The summed E-state index contributed by atoms with van der Waals surface area (Å²) in [6.07, 6.45) is 2.27. The first-order chi connectivity index (χ1) is 10.2. The van der Waals surface area contributed by atoms with Crippen molar-refractivity contribution in [1.82, 2.24) is 15.0 Å². The third kappa shape index (κ3) is 2.64. The van der Waals surface area contributed by atoms with E-state index in [1.807, 2.05) is 6.07 Å². The summed E-state index contributed by atoms with van der Waals surface area (Å²) >= 11 is 6.06. The highest BCUT2D eigenvalue weighted by atomic mass is 35.5. The van der Waals surface area contributed by atoms with E-state index in [4.69, 9.17) is 17.3 Å². The van der Waals surface area contributed by atoms with Crippen LogP contribution in [0, 0.1) is 6.92 Å². The van der Waals surface area contributed by atoms with Gasteiger partial charge in [0.05, 0.1) is 0 Å². The second-order valence-electron chi connectivity index (χ2n) is 4.87. The molecular formula is C15H16ClN5. The van der Waals surface area contributed by atoms with Gasteiger partial charge in [0.15, 0.2) is 0 Å². The number of nitrogens with zero attached hydrogens (tertiary/aromatic N) is 2. The van der Waals surface area contributed by atoms with Crippen molar-refractivity contribution >= 4 is 34.1 Å². The fraction of sp³-hybridized carbons (Fsp3) is 0.200. The van der Waals surface area contributed by atoms with E-state index in [2.05, 4.69) is 45.4 Å². The molecule has 0 aliphatic carbocycles. The van der Waals surface area contributed by atoms with E-state index in [0.717, 1.165) is 18.5 Å². The fourth-order valence-electron chi connectivity index (χ4n) is 2.47. The number of fused-ring (bicyclic) bond motifs is 1. The van der Waals surface area contributed by atoms with E-state index in [-0.39, 0.29) is 5.82 Å². The van der Waals surface area contributed by atoms with Gasteiger partial charge in [-0.25, -0.2) is 9.97 Å². The Balaban J connectivity index is 1.75. The number of H-pyrrole nitrogens is 1. The highest BCUT2D eigenvalue weighted by Crippen LogP contribution is 2.24. The molecule has 0 radical (unpaired) electrons. The van der Waals surface area contributed by atoms with Crippen molar-refractivity contribution < 1.29 is 0 Å². The SMILES string of the molecule is Cc1[nH]c2ccccc2c1CCNc1ncnc(N)c1Cl. The lowest BCUT2D eigenvalue weighted by Gasteiger charge is -2.08. The molecule has 5 nitrogen and oxygen atoms in total. The average Bonchev–Trinajstić information content (AvgIpc) is 2.80. The molecule has 0 saturated heterocycles. The van der Waals surface area contributed by atoms with Crippen molar-refractivity contribution in [3.63, 3.8) is 0 Å². The lowest BCUT2D eigenvalue weighted by molar-refractivity contribution is 0.993. The summed E-state index contributed by atoms with van der Waals surface area (Å²) in [4.78, 5) is 11.3. The summed E-state index contributed by atoms with van der Waals surface area (Å²) in [5.74, 6) is 0.860. The molecule has 0 unspecified atom stereocenters. The summed E-state index contributed by atoms with van der Waals surface area (Å²) in [5.41, 5.74) is 9.31. The predicted molar refractivity (Wildman–Crippen MR) is 86.7 cm³/mol. The topological polar surface area (TPSA) is 79.6 Å². The predicted octanol–water partition coefficient (Wildman–Crippen LogP) is 3.16. The Kier molecular flexibility index (Phi) is 3.66. The number of anilines is 2. The van der Waals surface area contributed by atoms with Gasteiger partial charge < -0.3 is 16.0 Å². The van der Waals surface area contributed by atoms with E-state index in [1.165, 1.54) is 23.0 Å². The van der Waals surface area contributed by atoms with Crippen molar-refractivity contribution in [3.8, 4) is 0 Å². The zero-order chi connectivity index (χ0) is 14.8. The van der Waals surface area contributed by atoms with Crippen molar-refractivity contribution in [2.75, 3.05) is 17.6 Å². The van der Waals surface area contributed by atoms with Gasteiger partial charge in [0.25, 0.3) is 0 Å². The number of aromatic nitrogens is 3. The second-order valence-corrected chi connectivity index (χ2v) is 5.25. The molecule has 3 rings (SSSR count). The molecule has 108 valence electrons. The van der Waals surface area contributed by atoms with Gasteiger partial charge in [0, 0.05) is 23.1 Å². The number of hydrogen-bond donors (Lipinski definition) is 3. The van der Waals surface area contributed by atoms with Crippen molar-refractivity contribution in [2.24, 2.45) is 0 Å². The molecule has 0 aliphatic heterocycles. The van der Waals surface area contributed by atoms with Crippen LogP contribution >= 0.6 is 11.6 Å². The summed E-state index contributed by atoms with van der Waals surface area (Å²) in [5, 5.41) is 4.83. The van der Waals surface area contributed by atoms with Crippen molar-refractivity contribution in [1.29, 1.82) is 0 Å². The smallest absolute Gasteiger partial charge is 0.150 e. The van der Waals surface area contributed by atoms with Crippen molar-refractivity contribution in [2.45, 2.75) is 13.3 Å². The molecule has 2 heterocycles. The number of hydrogen-bond acceptors (Lipinski definition) is 4. The largest absolute Gasteiger partial charge is 0.382 e. The van der Waals surface area contributed by atoms with Crippen LogP contribution in [-0.2, 0) is 6.42 Å². The van der Waals surface area contributed by atoms with Gasteiger partial charge in [0.1, 0.15) is 23.0 Å². The Bertz CT molecular complexity index is 781. The molecule has 2 aromatic heterocycles. The van der Waals surface area contributed by atoms with Crippen LogP contribution in [0.4, 0.5) is 11.6 Å². The summed E-state index contributed by atoms with van der Waals surface area (Å²) < 4.78 is 0. The highest BCUT2D eigenvalue weighted by molar-refractivity contribution is 6.35. The minimum Gasteiger partial charge on any atom is -0.382 e. The first-order valence-electron chi connectivity index (χ1n) is 6.73. The first kappa shape index (κ1) is 13.7. The Morgan fingerprint density at radius 2 is 2.10 bits per heavy atom. The quantitative estimate of drug-likeness (QED) is 0.691. The standard InChI is InChI=1S/C15H16ClN5/c1-9-10(11-4-2-3-5-12(11)21-9)6-7-18-15-13(16)14(17)19-8-20-15/h2-5,8,21H,6-7H2,1H3,(H3,17,18,19,20). The number of para-hydroxylation sites is 1. The second kappa shape index (κ2) is 5.61. The van der Waals surface area contributed by atoms with Gasteiger partial charge in [-0.2, -0.15) is 0 Å². The van der Waals surface area contributed by atoms with Gasteiger partial charge >= 0.3 is 0 Å². The summed E-state index contributed by atoms with van der Waals surface area (Å²) in [6, 6.07) is 8.29. The Hall–Kier alpha value is -2.27. The van der Waals surface area contributed by atoms with Crippen LogP contribution in [0.3, 0.4) is 0 Å². The zero-order valence-electron chi connectivity index (χ0n) is 11.7. The number of aryl methyl sites for hydroxylation is 1. The molecule has 21 heavy (non-hydrogen) atoms. The third-order valence-electron chi connectivity index (χ3n) is 3.51. The van der Waals surface area contributed by atoms with Crippen LogP contribution in [0.5, 0.6) is 0 Å². The number of rotatable bonds is 4. The number of halogens is 1. The molecule has 3 aromatic rings. The molecule has 1 aromatic carbocycles. The fourth-order valence-corrected chi connectivity index (χ4v) is 2.63. The maximum absolute atomic E-state index is 6.06. The third-order valence-corrected chi connectivity index (χ3v) is 3.88.